The van der Waals surface area contributed by atoms with Gasteiger partial charge in [-0.2, -0.15) is 0 Å². The highest BCUT2D eigenvalue weighted by Gasteiger charge is 2.47. The van der Waals surface area contributed by atoms with Gasteiger partial charge in [0.25, 0.3) is 11.7 Å². The van der Waals surface area contributed by atoms with Crippen molar-refractivity contribution in [2.24, 2.45) is 0 Å². The Morgan fingerprint density at radius 1 is 0.943 bits per heavy atom. The lowest BCUT2D eigenvalue weighted by Gasteiger charge is -2.25. The van der Waals surface area contributed by atoms with Gasteiger partial charge in [-0.15, -0.1) is 0 Å². The Hall–Kier alpha value is -3.91. The van der Waals surface area contributed by atoms with Crippen molar-refractivity contribution >= 4 is 45.0 Å². The van der Waals surface area contributed by atoms with Crippen molar-refractivity contribution in [1.29, 1.82) is 0 Å². The van der Waals surface area contributed by atoms with Crippen molar-refractivity contribution < 1.29 is 29.0 Å². The third-order valence-electron chi connectivity index (χ3n) is 5.65. The average Bonchev–Trinajstić information content (AvgIpc) is 3.14. The van der Waals surface area contributed by atoms with Crippen LogP contribution in [0.15, 0.2) is 82.8 Å². The van der Waals surface area contributed by atoms with Gasteiger partial charge in [-0.05, 0) is 73.2 Å². The molecule has 1 atom stereocenters. The monoisotopic (exact) mass is 535 g/mol. The number of ketones is 1. The smallest absolute Gasteiger partial charge is 0.338 e. The molecule has 3 aromatic carbocycles. The third kappa shape index (κ3) is 4.70. The normalized spacial score (nSPS) is 16.9. The second-order valence-corrected chi connectivity index (χ2v) is 8.63. The van der Waals surface area contributed by atoms with Gasteiger partial charge in [0.05, 0.1) is 30.9 Å². The molecule has 0 aliphatic carbocycles. The van der Waals surface area contributed by atoms with Gasteiger partial charge < -0.3 is 14.6 Å². The van der Waals surface area contributed by atoms with Crippen LogP contribution in [0.3, 0.4) is 0 Å². The number of hydrogen-bond donors (Lipinski definition) is 1. The second kappa shape index (κ2) is 10.1. The van der Waals surface area contributed by atoms with Crippen LogP contribution in [0.25, 0.3) is 5.76 Å². The maximum Gasteiger partial charge on any atom is 0.338 e. The molecule has 1 unspecified atom stereocenters. The highest BCUT2D eigenvalue weighted by Crippen LogP contribution is 2.42. The molecule has 0 saturated carbocycles. The predicted molar refractivity (Wildman–Crippen MR) is 134 cm³/mol. The van der Waals surface area contributed by atoms with Gasteiger partial charge in [0.15, 0.2) is 0 Å². The van der Waals surface area contributed by atoms with Crippen molar-refractivity contribution in [2.75, 3.05) is 18.6 Å². The van der Waals surface area contributed by atoms with Crippen molar-refractivity contribution in [2.45, 2.75) is 13.0 Å². The van der Waals surface area contributed by atoms with E-state index in [2.05, 4.69) is 15.9 Å². The van der Waals surface area contributed by atoms with Gasteiger partial charge in [0.1, 0.15) is 11.5 Å². The lowest BCUT2D eigenvalue weighted by atomic mass is 9.95. The molecule has 178 valence electrons. The van der Waals surface area contributed by atoms with Crippen molar-refractivity contribution in [3.63, 3.8) is 0 Å². The van der Waals surface area contributed by atoms with Crippen LogP contribution in [0.5, 0.6) is 5.75 Å². The summed E-state index contributed by atoms with van der Waals surface area (Å²) in [5, 5.41) is 11.2. The first-order chi connectivity index (χ1) is 16.8. The number of esters is 1. The molecule has 4 rings (SSSR count). The summed E-state index contributed by atoms with van der Waals surface area (Å²) in [5.41, 5.74) is 1.71. The van der Waals surface area contributed by atoms with Crippen LogP contribution in [0.1, 0.15) is 34.5 Å². The summed E-state index contributed by atoms with van der Waals surface area (Å²) < 4.78 is 11.0. The summed E-state index contributed by atoms with van der Waals surface area (Å²) in [6.07, 6.45) is 0. The molecule has 7 nitrogen and oxygen atoms in total. The first-order valence-electron chi connectivity index (χ1n) is 10.8. The number of carbonyl (C=O) groups excluding carboxylic acids is 3. The Morgan fingerprint density at radius 2 is 1.54 bits per heavy atom. The van der Waals surface area contributed by atoms with E-state index in [4.69, 9.17) is 9.47 Å². The number of hydrogen-bond acceptors (Lipinski definition) is 6. The van der Waals surface area contributed by atoms with Crippen LogP contribution < -0.4 is 9.64 Å². The highest BCUT2D eigenvalue weighted by molar-refractivity contribution is 9.10. The number of aliphatic hydroxyl groups is 1. The lowest BCUT2D eigenvalue weighted by Crippen LogP contribution is -2.29. The van der Waals surface area contributed by atoms with Gasteiger partial charge in [-0.3, -0.25) is 14.5 Å². The Morgan fingerprint density at radius 3 is 2.11 bits per heavy atom. The zero-order valence-corrected chi connectivity index (χ0v) is 20.6. The first kappa shape index (κ1) is 24.2. The maximum atomic E-state index is 13.2. The molecule has 35 heavy (non-hydrogen) atoms. The minimum Gasteiger partial charge on any atom is -0.507 e. The molecule has 1 fully saturated rings. The van der Waals surface area contributed by atoms with Crippen molar-refractivity contribution in [1.82, 2.24) is 0 Å². The summed E-state index contributed by atoms with van der Waals surface area (Å²) in [4.78, 5) is 39.8. The number of amides is 1. The molecule has 1 amide bonds. The summed E-state index contributed by atoms with van der Waals surface area (Å²) in [6, 6.07) is 19.1. The predicted octanol–water partition coefficient (Wildman–Crippen LogP) is 5.26. The zero-order chi connectivity index (χ0) is 25.1. The summed E-state index contributed by atoms with van der Waals surface area (Å²) in [5.74, 6) is -1.76. The Balaban J connectivity index is 1.84. The SMILES string of the molecule is CCOC(=O)c1ccc(N2C(=O)C(=O)/C(=C(\O)c3ccc(OC)cc3)C2c2ccc(Br)cc2)cc1. The number of anilines is 1. The van der Waals surface area contributed by atoms with E-state index in [1.807, 2.05) is 0 Å². The quantitative estimate of drug-likeness (QED) is 0.200. The molecule has 0 bridgehead atoms. The molecular weight excluding hydrogens is 514 g/mol. The molecule has 1 saturated heterocycles. The number of aliphatic hydroxyl groups excluding tert-OH is 1. The molecule has 3 aromatic rings. The van der Waals surface area contributed by atoms with E-state index >= 15 is 0 Å². The van der Waals surface area contributed by atoms with Gasteiger partial charge in [-0.25, -0.2) is 4.79 Å². The number of benzene rings is 3. The maximum absolute atomic E-state index is 13.2. The highest BCUT2D eigenvalue weighted by atomic mass is 79.9. The number of rotatable bonds is 6. The zero-order valence-electron chi connectivity index (χ0n) is 19.0. The summed E-state index contributed by atoms with van der Waals surface area (Å²) >= 11 is 3.40. The fourth-order valence-electron chi connectivity index (χ4n) is 3.94. The number of methoxy groups -OCH3 is 1. The van der Waals surface area contributed by atoms with E-state index in [1.165, 1.54) is 24.1 Å². The van der Waals surface area contributed by atoms with Crippen LogP contribution in [0.2, 0.25) is 0 Å². The standard InChI is InChI=1S/C27H22BrNO6/c1-3-35-27(33)18-6-12-20(13-7-18)29-23(16-4-10-19(28)11-5-16)22(25(31)26(29)32)24(30)17-8-14-21(34-2)15-9-17/h4-15,23,30H,3H2,1-2H3/b24-22-. The number of nitrogens with zero attached hydrogens (tertiary/aromatic N) is 1. The van der Waals surface area contributed by atoms with E-state index in [-0.39, 0.29) is 17.9 Å². The average molecular weight is 536 g/mol. The fourth-order valence-corrected chi connectivity index (χ4v) is 4.20. The molecule has 1 N–H and O–H groups in total. The van der Waals surface area contributed by atoms with Gasteiger partial charge in [0, 0.05) is 15.7 Å². The minimum atomic E-state index is -0.876. The summed E-state index contributed by atoms with van der Waals surface area (Å²) in [6.45, 7) is 1.96. The number of halogens is 1. The molecule has 1 aliphatic rings. The lowest BCUT2D eigenvalue weighted by molar-refractivity contribution is -0.132. The number of carbonyl (C=O) groups is 3. The molecule has 0 aromatic heterocycles. The molecule has 8 heteroatoms. The van der Waals surface area contributed by atoms with Gasteiger partial charge in [-0.1, -0.05) is 28.1 Å². The van der Waals surface area contributed by atoms with E-state index in [9.17, 15) is 19.5 Å². The van der Waals surface area contributed by atoms with Crippen LogP contribution in [-0.4, -0.2) is 36.5 Å². The molecule has 1 aliphatic heterocycles. The number of ether oxygens (including phenoxy) is 2. The first-order valence-corrected chi connectivity index (χ1v) is 11.6. The van der Waals surface area contributed by atoms with Gasteiger partial charge in [0.2, 0.25) is 0 Å². The molecule has 0 spiro atoms. The van der Waals surface area contributed by atoms with Crippen LogP contribution >= 0.6 is 15.9 Å². The van der Waals surface area contributed by atoms with E-state index in [0.717, 1.165) is 4.47 Å². The summed E-state index contributed by atoms with van der Waals surface area (Å²) in [7, 11) is 1.53. The largest absolute Gasteiger partial charge is 0.507 e. The van der Waals surface area contributed by atoms with E-state index < -0.39 is 23.7 Å². The molecule has 0 radical (unpaired) electrons. The number of Topliss-reactive ketones (excluding diaryl/α,β-unsaturated/α-hetero) is 1. The van der Waals surface area contributed by atoms with Crippen LogP contribution in [0.4, 0.5) is 5.69 Å². The third-order valence-corrected chi connectivity index (χ3v) is 6.18. The Kier molecular flexibility index (Phi) is 7.02. The van der Waals surface area contributed by atoms with E-state index in [1.54, 1.807) is 67.6 Å². The Labute approximate surface area is 210 Å². The topological polar surface area (TPSA) is 93.1 Å². The second-order valence-electron chi connectivity index (χ2n) is 7.72. The van der Waals surface area contributed by atoms with Crippen LogP contribution in [0, 0.1) is 0 Å². The fraction of sp³-hybridized carbons (Fsp3) is 0.148. The van der Waals surface area contributed by atoms with Gasteiger partial charge >= 0.3 is 5.97 Å². The van der Waals surface area contributed by atoms with E-state index in [0.29, 0.717) is 28.1 Å². The molecule has 1 heterocycles. The minimum absolute atomic E-state index is 0.0306. The molecular formula is C27H22BrNO6. The van der Waals surface area contributed by atoms with Crippen molar-refractivity contribution in [3.05, 3.63) is 99.5 Å². The van der Waals surface area contributed by atoms with Crippen molar-refractivity contribution in [3.8, 4) is 5.75 Å². The Bertz CT molecular complexity index is 1300. The van der Waals surface area contributed by atoms with Crippen LogP contribution in [-0.2, 0) is 14.3 Å².